The molecule has 0 aliphatic carbocycles. The van der Waals surface area contributed by atoms with Crippen molar-refractivity contribution in [3.8, 4) is 0 Å². The Kier molecular flexibility index (Phi) is 4.72. The largest absolute Gasteiger partial charge is 0.268 e. The topological polar surface area (TPSA) is 17.8 Å². The molecule has 0 N–H and O–H groups in total. The highest BCUT2D eigenvalue weighted by molar-refractivity contribution is 7.99. The van der Waals surface area contributed by atoms with Crippen molar-refractivity contribution < 1.29 is 0 Å². The molecule has 18 heavy (non-hydrogen) atoms. The zero-order chi connectivity index (χ0) is 13.0. The highest BCUT2D eigenvalue weighted by atomic mass is 35.5. The first kappa shape index (κ1) is 13.5. The summed E-state index contributed by atoms with van der Waals surface area (Å²) >= 11 is 7.78. The molecule has 0 saturated heterocycles. The van der Waals surface area contributed by atoms with E-state index >= 15 is 0 Å². The lowest BCUT2D eigenvalue weighted by atomic mass is 10.2. The lowest BCUT2D eigenvalue weighted by Crippen LogP contribution is -2.04. The van der Waals surface area contributed by atoms with Crippen molar-refractivity contribution in [1.29, 1.82) is 0 Å². The van der Waals surface area contributed by atoms with E-state index in [-0.39, 0.29) is 0 Å². The Bertz CT molecular complexity index is 508. The van der Waals surface area contributed by atoms with Gasteiger partial charge in [-0.25, -0.2) is 0 Å². The van der Waals surface area contributed by atoms with E-state index in [2.05, 4.69) is 41.0 Å². The summed E-state index contributed by atoms with van der Waals surface area (Å²) in [6, 6.07) is 10.4. The zero-order valence-corrected chi connectivity index (χ0v) is 12.3. The molecule has 2 rings (SSSR count). The third-order valence-corrected chi connectivity index (χ3v) is 4.24. The summed E-state index contributed by atoms with van der Waals surface area (Å²) in [5, 5.41) is 4.53. The van der Waals surface area contributed by atoms with Crippen LogP contribution in [0.25, 0.3) is 0 Å². The molecule has 96 valence electrons. The van der Waals surface area contributed by atoms with Gasteiger partial charge in [-0.05, 0) is 26.0 Å². The number of nitrogens with zero attached hydrogens (tertiary/aromatic N) is 2. The Morgan fingerprint density at radius 3 is 2.56 bits per heavy atom. The van der Waals surface area contributed by atoms with Gasteiger partial charge >= 0.3 is 0 Å². The van der Waals surface area contributed by atoms with Gasteiger partial charge in [0.1, 0.15) is 0 Å². The summed E-state index contributed by atoms with van der Waals surface area (Å²) in [4.78, 5) is 1.30. The van der Waals surface area contributed by atoms with Gasteiger partial charge in [-0.3, -0.25) is 4.68 Å². The average molecular weight is 281 g/mol. The maximum Gasteiger partial charge on any atom is 0.0640 e. The fourth-order valence-electron chi connectivity index (χ4n) is 1.91. The van der Waals surface area contributed by atoms with Crippen molar-refractivity contribution in [2.75, 3.05) is 5.75 Å². The van der Waals surface area contributed by atoms with Crippen LogP contribution in [-0.2, 0) is 12.4 Å². The highest BCUT2D eigenvalue weighted by Gasteiger charge is 2.09. The van der Waals surface area contributed by atoms with Crippen molar-refractivity contribution in [1.82, 2.24) is 9.78 Å². The first-order valence-corrected chi connectivity index (χ1v) is 7.51. The molecule has 0 aliphatic rings. The van der Waals surface area contributed by atoms with Crippen LogP contribution in [0, 0.1) is 13.8 Å². The van der Waals surface area contributed by atoms with E-state index < -0.39 is 0 Å². The fourth-order valence-corrected chi connectivity index (χ4v) is 3.15. The fraction of sp³-hybridized carbons (Fsp3) is 0.357. The quantitative estimate of drug-likeness (QED) is 0.608. The van der Waals surface area contributed by atoms with Gasteiger partial charge in [-0.1, -0.05) is 18.2 Å². The summed E-state index contributed by atoms with van der Waals surface area (Å²) in [6.45, 7) is 5.03. The zero-order valence-electron chi connectivity index (χ0n) is 10.7. The number of aryl methyl sites for hydroxylation is 2. The predicted molar refractivity (Wildman–Crippen MR) is 78.4 cm³/mol. The molecular weight excluding hydrogens is 264 g/mol. The smallest absolute Gasteiger partial charge is 0.0640 e. The molecule has 0 bridgehead atoms. The van der Waals surface area contributed by atoms with Crippen LogP contribution in [-0.4, -0.2) is 15.5 Å². The molecule has 2 aromatic rings. The van der Waals surface area contributed by atoms with E-state index in [0.29, 0.717) is 5.88 Å². The molecule has 0 unspecified atom stereocenters. The summed E-state index contributed by atoms with van der Waals surface area (Å²) in [5.74, 6) is 1.57. The van der Waals surface area contributed by atoms with Crippen molar-refractivity contribution in [2.24, 2.45) is 0 Å². The number of halogens is 1. The Hall–Kier alpha value is -0.930. The first-order chi connectivity index (χ1) is 8.72. The van der Waals surface area contributed by atoms with E-state index in [0.717, 1.165) is 18.0 Å². The summed E-state index contributed by atoms with van der Waals surface area (Å²) < 4.78 is 2.06. The summed E-state index contributed by atoms with van der Waals surface area (Å²) in [6.07, 6.45) is 0. The third kappa shape index (κ3) is 3.09. The number of alkyl halides is 1. The minimum Gasteiger partial charge on any atom is -0.268 e. The molecule has 0 fully saturated rings. The highest BCUT2D eigenvalue weighted by Crippen LogP contribution is 2.19. The normalized spacial score (nSPS) is 10.8. The minimum absolute atomic E-state index is 0.545. The van der Waals surface area contributed by atoms with Gasteiger partial charge in [0.05, 0.1) is 18.1 Å². The number of benzene rings is 1. The number of thioether (sulfide) groups is 1. The molecule has 0 radical (unpaired) electrons. The maximum absolute atomic E-state index is 5.92. The number of aromatic nitrogens is 2. The molecule has 0 saturated carbocycles. The number of hydrogen-bond acceptors (Lipinski definition) is 2. The average Bonchev–Trinajstić information content (AvgIpc) is 2.65. The molecule has 1 aromatic carbocycles. The van der Waals surface area contributed by atoms with Gasteiger partial charge in [0, 0.05) is 21.9 Å². The molecule has 0 amide bonds. The Morgan fingerprint density at radius 2 is 1.94 bits per heavy atom. The van der Waals surface area contributed by atoms with Crippen molar-refractivity contribution in [3.05, 3.63) is 47.3 Å². The lowest BCUT2D eigenvalue weighted by molar-refractivity contribution is 0.640. The van der Waals surface area contributed by atoms with Crippen molar-refractivity contribution in [3.63, 3.8) is 0 Å². The van der Waals surface area contributed by atoms with Crippen molar-refractivity contribution in [2.45, 2.75) is 31.2 Å². The van der Waals surface area contributed by atoms with Gasteiger partial charge in [0.2, 0.25) is 0 Å². The third-order valence-electron chi connectivity index (χ3n) is 2.98. The van der Waals surface area contributed by atoms with Gasteiger partial charge in [0.15, 0.2) is 0 Å². The van der Waals surface area contributed by atoms with Crippen LogP contribution in [0.2, 0.25) is 0 Å². The SMILES string of the molecule is Cc1nn(CCSc2ccccc2)c(C)c1CCl. The van der Waals surface area contributed by atoms with E-state index in [9.17, 15) is 0 Å². The Labute approximate surface area is 117 Å². The molecule has 0 atom stereocenters. The predicted octanol–water partition coefficient (Wildman–Crippen LogP) is 4.03. The van der Waals surface area contributed by atoms with Gasteiger partial charge < -0.3 is 0 Å². The number of hydrogen-bond donors (Lipinski definition) is 0. The maximum atomic E-state index is 5.92. The lowest BCUT2D eigenvalue weighted by Gasteiger charge is -2.05. The van der Waals surface area contributed by atoms with Crippen LogP contribution < -0.4 is 0 Å². The van der Waals surface area contributed by atoms with Crippen LogP contribution in [0.5, 0.6) is 0 Å². The standard InChI is InChI=1S/C14H17ClN2S/c1-11-14(10-15)12(2)17(16-11)8-9-18-13-6-4-3-5-7-13/h3-7H,8-10H2,1-2H3. The second kappa shape index (κ2) is 6.30. The molecular formula is C14H17ClN2S. The second-order valence-electron chi connectivity index (χ2n) is 4.17. The van der Waals surface area contributed by atoms with Gasteiger partial charge in [-0.2, -0.15) is 5.10 Å². The molecule has 1 aromatic heterocycles. The van der Waals surface area contributed by atoms with Crippen LogP contribution in [0.4, 0.5) is 0 Å². The van der Waals surface area contributed by atoms with E-state index in [1.165, 1.54) is 16.2 Å². The monoisotopic (exact) mass is 280 g/mol. The molecule has 1 heterocycles. The van der Waals surface area contributed by atoms with Crippen LogP contribution in [0.15, 0.2) is 35.2 Å². The van der Waals surface area contributed by atoms with Crippen LogP contribution in [0.1, 0.15) is 17.0 Å². The van der Waals surface area contributed by atoms with Crippen LogP contribution in [0.3, 0.4) is 0 Å². The van der Waals surface area contributed by atoms with Crippen molar-refractivity contribution >= 4 is 23.4 Å². The van der Waals surface area contributed by atoms with E-state index in [1.807, 2.05) is 24.8 Å². The second-order valence-corrected chi connectivity index (χ2v) is 5.60. The molecule has 0 spiro atoms. The molecule has 2 nitrogen and oxygen atoms in total. The summed E-state index contributed by atoms with van der Waals surface area (Å²) in [5.41, 5.74) is 3.41. The first-order valence-electron chi connectivity index (χ1n) is 5.99. The molecule has 0 aliphatic heterocycles. The van der Waals surface area contributed by atoms with Gasteiger partial charge in [0.25, 0.3) is 0 Å². The van der Waals surface area contributed by atoms with E-state index in [4.69, 9.17) is 11.6 Å². The van der Waals surface area contributed by atoms with E-state index in [1.54, 1.807) is 0 Å². The minimum atomic E-state index is 0.545. The Morgan fingerprint density at radius 1 is 1.22 bits per heavy atom. The van der Waals surface area contributed by atoms with Crippen LogP contribution >= 0.6 is 23.4 Å². The Balaban J connectivity index is 1.95. The molecule has 4 heteroatoms. The van der Waals surface area contributed by atoms with Gasteiger partial charge in [-0.15, -0.1) is 23.4 Å². The number of rotatable bonds is 5. The summed E-state index contributed by atoms with van der Waals surface area (Å²) in [7, 11) is 0.